The van der Waals surface area contributed by atoms with Crippen LogP contribution >= 0.6 is 0 Å². The highest BCUT2D eigenvalue weighted by molar-refractivity contribution is 4.87. The first-order chi connectivity index (χ1) is 7.29. The summed E-state index contributed by atoms with van der Waals surface area (Å²) in [6.45, 7) is 7.17. The zero-order valence-electron chi connectivity index (χ0n) is 9.47. The standard InChI is InChI=1S/C11H23N3O/c15-11(2-5-13-6-3-11)10-14-8-1-4-12-7-9-14/h12-13,15H,1-10H2. The summed E-state index contributed by atoms with van der Waals surface area (Å²) >= 11 is 0. The Balaban J connectivity index is 1.82. The van der Waals surface area contributed by atoms with Gasteiger partial charge in [-0.3, -0.25) is 4.90 Å². The monoisotopic (exact) mass is 213 g/mol. The minimum Gasteiger partial charge on any atom is -0.388 e. The van der Waals surface area contributed by atoms with Crippen molar-refractivity contribution in [3.8, 4) is 0 Å². The van der Waals surface area contributed by atoms with Crippen LogP contribution in [0, 0.1) is 0 Å². The van der Waals surface area contributed by atoms with Gasteiger partial charge in [0.1, 0.15) is 0 Å². The minimum atomic E-state index is -0.435. The van der Waals surface area contributed by atoms with Crippen LogP contribution < -0.4 is 10.6 Å². The van der Waals surface area contributed by atoms with Gasteiger partial charge in [-0.2, -0.15) is 0 Å². The van der Waals surface area contributed by atoms with Crippen molar-refractivity contribution in [1.82, 2.24) is 15.5 Å². The quantitative estimate of drug-likeness (QED) is 0.573. The van der Waals surface area contributed by atoms with Crippen molar-refractivity contribution in [2.45, 2.75) is 24.9 Å². The molecule has 0 atom stereocenters. The van der Waals surface area contributed by atoms with Crippen molar-refractivity contribution in [1.29, 1.82) is 0 Å². The van der Waals surface area contributed by atoms with E-state index in [2.05, 4.69) is 15.5 Å². The molecule has 0 bridgehead atoms. The van der Waals surface area contributed by atoms with Gasteiger partial charge in [-0.1, -0.05) is 0 Å². The molecule has 88 valence electrons. The van der Waals surface area contributed by atoms with Crippen molar-refractivity contribution in [3.05, 3.63) is 0 Å². The van der Waals surface area contributed by atoms with Crippen molar-refractivity contribution < 1.29 is 5.11 Å². The maximum absolute atomic E-state index is 10.4. The van der Waals surface area contributed by atoms with E-state index < -0.39 is 5.60 Å². The second-order valence-corrected chi connectivity index (χ2v) is 4.85. The Bertz CT molecular complexity index is 184. The second kappa shape index (κ2) is 5.25. The lowest BCUT2D eigenvalue weighted by Crippen LogP contribution is -2.50. The molecule has 0 aromatic heterocycles. The average Bonchev–Trinajstić information content (AvgIpc) is 2.47. The third-order valence-corrected chi connectivity index (χ3v) is 3.48. The molecule has 2 heterocycles. The zero-order chi connectivity index (χ0) is 10.6. The number of β-amino-alcohol motifs (C(OH)–C–C–N with tert-alkyl or cyclic N) is 1. The highest BCUT2D eigenvalue weighted by Crippen LogP contribution is 2.19. The van der Waals surface area contributed by atoms with Crippen LogP contribution in [0.4, 0.5) is 0 Å². The molecule has 2 rings (SSSR count). The van der Waals surface area contributed by atoms with Gasteiger partial charge >= 0.3 is 0 Å². The number of rotatable bonds is 2. The van der Waals surface area contributed by atoms with Crippen LogP contribution in [0.3, 0.4) is 0 Å². The Labute approximate surface area is 92.0 Å². The van der Waals surface area contributed by atoms with Gasteiger partial charge in [0.15, 0.2) is 0 Å². The molecule has 0 saturated carbocycles. The molecule has 0 aliphatic carbocycles. The molecule has 2 fully saturated rings. The summed E-state index contributed by atoms with van der Waals surface area (Å²) < 4.78 is 0. The number of piperidine rings is 1. The number of nitrogens with one attached hydrogen (secondary N) is 2. The first-order valence-electron chi connectivity index (χ1n) is 6.15. The molecule has 2 saturated heterocycles. The van der Waals surface area contributed by atoms with E-state index >= 15 is 0 Å². The molecule has 0 spiro atoms. The van der Waals surface area contributed by atoms with E-state index in [4.69, 9.17) is 0 Å². The van der Waals surface area contributed by atoms with E-state index in [1.54, 1.807) is 0 Å². The van der Waals surface area contributed by atoms with Gasteiger partial charge in [0.05, 0.1) is 5.60 Å². The number of hydrogen-bond donors (Lipinski definition) is 3. The molecule has 2 aliphatic heterocycles. The van der Waals surface area contributed by atoms with Crippen molar-refractivity contribution in [3.63, 3.8) is 0 Å². The zero-order valence-corrected chi connectivity index (χ0v) is 9.47. The maximum Gasteiger partial charge on any atom is 0.0798 e. The second-order valence-electron chi connectivity index (χ2n) is 4.85. The Morgan fingerprint density at radius 3 is 2.53 bits per heavy atom. The number of aliphatic hydroxyl groups is 1. The fourth-order valence-corrected chi connectivity index (χ4v) is 2.53. The SMILES string of the molecule is OC1(CN2CCCNCC2)CCNCC1. The Morgan fingerprint density at radius 1 is 1.00 bits per heavy atom. The fourth-order valence-electron chi connectivity index (χ4n) is 2.53. The number of hydrogen-bond acceptors (Lipinski definition) is 4. The minimum absolute atomic E-state index is 0.435. The van der Waals surface area contributed by atoms with E-state index in [0.717, 1.165) is 58.7 Å². The van der Waals surface area contributed by atoms with Gasteiger partial charge in [0.25, 0.3) is 0 Å². The third-order valence-electron chi connectivity index (χ3n) is 3.48. The van der Waals surface area contributed by atoms with Gasteiger partial charge in [-0.25, -0.2) is 0 Å². The van der Waals surface area contributed by atoms with Crippen molar-refractivity contribution >= 4 is 0 Å². The van der Waals surface area contributed by atoms with E-state index in [9.17, 15) is 5.11 Å². The summed E-state index contributed by atoms with van der Waals surface area (Å²) in [6, 6.07) is 0. The van der Waals surface area contributed by atoms with E-state index in [-0.39, 0.29) is 0 Å². The van der Waals surface area contributed by atoms with Crippen LogP contribution in [-0.2, 0) is 0 Å². The summed E-state index contributed by atoms with van der Waals surface area (Å²) in [6.07, 6.45) is 3.00. The van der Waals surface area contributed by atoms with Gasteiger partial charge in [0, 0.05) is 19.6 Å². The average molecular weight is 213 g/mol. The lowest BCUT2D eigenvalue weighted by Gasteiger charge is -2.36. The molecule has 0 unspecified atom stereocenters. The number of nitrogens with zero attached hydrogens (tertiary/aromatic N) is 1. The van der Waals surface area contributed by atoms with Gasteiger partial charge < -0.3 is 15.7 Å². The molecule has 0 amide bonds. The third kappa shape index (κ3) is 3.41. The summed E-state index contributed by atoms with van der Waals surface area (Å²) in [7, 11) is 0. The van der Waals surface area contributed by atoms with Crippen LogP contribution in [0.1, 0.15) is 19.3 Å². The molecule has 4 nitrogen and oxygen atoms in total. The molecule has 0 aromatic carbocycles. The Kier molecular flexibility index (Phi) is 3.97. The van der Waals surface area contributed by atoms with Gasteiger partial charge in [-0.15, -0.1) is 0 Å². The molecule has 0 radical (unpaired) electrons. The van der Waals surface area contributed by atoms with Crippen LogP contribution in [0.25, 0.3) is 0 Å². The molecular formula is C11H23N3O. The highest BCUT2D eigenvalue weighted by Gasteiger charge is 2.31. The molecule has 0 aromatic rings. The summed E-state index contributed by atoms with van der Waals surface area (Å²) in [4.78, 5) is 2.41. The molecular weight excluding hydrogens is 190 g/mol. The smallest absolute Gasteiger partial charge is 0.0798 e. The topological polar surface area (TPSA) is 47.5 Å². The van der Waals surface area contributed by atoms with Crippen LogP contribution in [0.5, 0.6) is 0 Å². The van der Waals surface area contributed by atoms with E-state index in [1.807, 2.05) is 0 Å². The lowest BCUT2D eigenvalue weighted by molar-refractivity contribution is -0.0194. The first-order valence-corrected chi connectivity index (χ1v) is 6.15. The maximum atomic E-state index is 10.4. The molecule has 3 N–H and O–H groups in total. The molecule has 2 aliphatic rings. The Hall–Kier alpha value is -0.160. The fraction of sp³-hybridized carbons (Fsp3) is 1.00. The largest absolute Gasteiger partial charge is 0.388 e. The summed E-state index contributed by atoms with van der Waals surface area (Å²) in [5, 5.41) is 17.1. The van der Waals surface area contributed by atoms with Crippen LogP contribution in [-0.4, -0.2) is 61.4 Å². The predicted molar refractivity (Wildman–Crippen MR) is 61.0 cm³/mol. The van der Waals surface area contributed by atoms with E-state index in [0.29, 0.717) is 0 Å². The van der Waals surface area contributed by atoms with Gasteiger partial charge in [-0.05, 0) is 45.4 Å². The summed E-state index contributed by atoms with van der Waals surface area (Å²) in [5.41, 5.74) is -0.435. The van der Waals surface area contributed by atoms with Gasteiger partial charge in [0.2, 0.25) is 0 Å². The van der Waals surface area contributed by atoms with Crippen molar-refractivity contribution in [2.24, 2.45) is 0 Å². The van der Waals surface area contributed by atoms with E-state index in [1.165, 1.54) is 6.42 Å². The van der Waals surface area contributed by atoms with Crippen LogP contribution in [0.15, 0.2) is 0 Å². The predicted octanol–water partition coefficient (Wildman–Crippen LogP) is -0.604. The van der Waals surface area contributed by atoms with Crippen LogP contribution in [0.2, 0.25) is 0 Å². The highest BCUT2D eigenvalue weighted by atomic mass is 16.3. The summed E-state index contributed by atoms with van der Waals surface area (Å²) in [5.74, 6) is 0. The Morgan fingerprint density at radius 2 is 1.73 bits per heavy atom. The van der Waals surface area contributed by atoms with Crippen molar-refractivity contribution in [2.75, 3.05) is 45.8 Å². The lowest BCUT2D eigenvalue weighted by atomic mass is 9.92. The molecule has 15 heavy (non-hydrogen) atoms. The normalized spacial score (nSPS) is 28.6. The first kappa shape index (κ1) is 11.3. The molecule has 4 heteroatoms.